The van der Waals surface area contributed by atoms with Gasteiger partial charge in [0.25, 0.3) is 0 Å². The Kier molecular flexibility index (Phi) is 4.13. The molecule has 0 amide bonds. The van der Waals surface area contributed by atoms with Crippen molar-refractivity contribution in [2.24, 2.45) is 5.73 Å². The first-order chi connectivity index (χ1) is 9.45. The van der Waals surface area contributed by atoms with Crippen molar-refractivity contribution in [2.75, 3.05) is 0 Å². The standard InChI is InChI=1S/C14H16F3N3/c1-2-8-20-9-7-19-13(20)12(18)10-5-3-4-6-11(10)14(15,16)17/h3-7,9,12H,2,8,18H2,1H3. The second kappa shape index (κ2) is 5.66. The Labute approximate surface area is 115 Å². The highest BCUT2D eigenvalue weighted by Crippen LogP contribution is 2.35. The van der Waals surface area contributed by atoms with Gasteiger partial charge in [-0.3, -0.25) is 0 Å². The normalized spacial score (nSPS) is 13.4. The minimum absolute atomic E-state index is 0.0450. The molecule has 0 radical (unpaired) electrons. The number of alkyl halides is 3. The van der Waals surface area contributed by atoms with Gasteiger partial charge in [0, 0.05) is 18.9 Å². The molecule has 0 bridgehead atoms. The predicted octanol–water partition coefficient (Wildman–Crippen LogP) is 3.36. The van der Waals surface area contributed by atoms with Gasteiger partial charge in [-0.05, 0) is 18.1 Å². The fraction of sp³-hybridized carbons (Fsp3) is 0.357. The molecule has 2 aromatic rings. The Hall–Kier alpha value is -1.82. The third kappa shape index (κ3) is 2.85. The van der Waals surface area contributed by atoms with E-state index < -0.39 is 17.8 Å². The number of aryl methyl sites for hydroxylation is 1. The molecule has 0 spiro atoms. The minimum atomic E-state index is -4.42. The molecule has 0 saturated carbocycles. The number of hydrogen-bond acceptors (Lipinski definition) is 2. The molecule has 0 aliphatic rings. The first-order valence-electron chi connectivity index (χ1n) is 6.38. The minimum Gasteiger partial charge on any atom is -0.333 e. The van der Waals surface area contributed by atoms with E-state index in [0.717, 1.165) is 12.5 Å². The molecule has 0 aliphatic carbocycles. The molecule has 1 aromatic carbocycles. The molecule has 1 heterocycles. The maximum atomic E-state index is 13.0. The van der Waals surface area contributed by atoms with Crippen LogP contribution in [0.4, 0.5) is 13.2 Å². The molecule has 1 aromatic heterocycles. The summed E-state index contributed by atoms with van der Waals surface area (Å²) in [6, 6.07) is 4.46. The van der Waals surface area contributed by atoms with Gasteiger partial charge in [0.2, 0.25) is 0 Å². The third-order valence-corrected chi connectivity index (χ3v) is 3.09. The van der Waals surface area contributed by atoms with Crippen LogP contribution in [0.5, 0.6) is 0 Å². The van der Waals surface area contributed by atoms with Crippen LogP contribution in [0.25, 0.3) is 0 Å². The highest BCUT2D eigenvalue weighted by atomic mass is 19.4. The number of halogens is 3. The number of hydrogen-bond donors (Lipinski definition) is 1. The van der Waals surface area contributed by atoms with Crippen LogP contribution >= 0.6 is 0 Å². The Balaban J connectivity index is 2.43. The number of nitrogens with two attached hydrogens (primary N) is 1. The summed E-state index contributed by atoms with van der Waals surface area (Å²) in [6.07, 6.45) is -0.274. The van der Waals surface area contributed by atoms with E-state index in [1.807, 2.05) is 6.92 Å². The number of benzene rings is 1. The lowest BCUT2D eigenvalue weighted by atomic mass is 10.00. The quantitative estimate of drug-likeness (QED) is 0.935. The summed E-state index contributed by atoms with van der Waals surface area (Å²) >= 11 is 0. The maximum absolute atomic E-state index is 13.0. The van der Waals surface area contributed by atoms with E-state index in [1.165, 1.54) is 12.1 Å². The second-order valence-corrected chi connectivity index (χ2v) is 4.54. The molecular weight excluding hydrogens is 267 g/mol. The largest absolute Gasteiger partial charge is 0.416 e. The summed E-state index contributed by atoms with van der Waals surface area (Å²) in [4.78, 5) is 4.10. The van der Waals surface area contributed by atoms with Crippen LogP contribution < -0.4 is 5.73 Å². The molecule has 1 atom stereocenters. The number of nitrogens with zero attached hydrogens (tertiary/aromatic N) is 2. The van der Waals surface area contributed by atoms with Gasteiger partial charge >= 0.3 is 6.18 Å². The smallest absolute Gasteiger partial charge is 0.333 e. The summed E-state index contributed by atoms with van der Waals surface area (Å²) in [5.74, 6) is 0.448. The van der Waals surface area contributed by atoms with Gasteiger partial charge in [-0.1, -0.05) is 25.1 Å². The van der Waals surface area contributed by atoms with Crippen molar-refractivity contribution in [3.63, 3.8) is 0 Å². The first kappa shape index (κ1) is 14.6. The van der Waals surface area contributed by atoms with E-state index in [1.54, 1.807) is 23.0 Å². The van der Waals surface area contributed by atoms with Gasteiger partial charge in [-0.15, -0.1) is 0 Å². The average molecular weight is 283 g/mol. The topological polar surface area (TPSA) is 43.8 Å². The van der Waals surface area contributed by atoms with Crippen molar-refractivity contribution in [1.29, 1.82) is 0 Å². The molecule has 20 heavy (non-hydrogen) atoms. The summed E-state index contributed by atoms with van der Waals surface area (Å²) < 4.78 is 40.8. The van der Waals surface area contributed by atoms with Crippen LogP contribution in [0.1, 0.15) is 36.3 Å². The molecule has 0 fully saturated rings. The van der Waals surface area contributed by atoms with Crippen LogP contribution in [0, 0.1) is 0 Å². The van der Waals surface area contributed by atoms with Crippen molar-refractivity contribution in [3.05, 3.63) is 53.6 Å². The summed E-state index contributed by atoms with van der Waals surface area (Å²) in [7, 11) is 0. The van der Waals surface area contributed by atoms with Crippen LogP contribution in [-0.2, 0) is 12.7 Å². The summed E-state index contributed by atoms with van der Waals surface area (Å²) in [5, 5.41) is 0. The lowest BCUT2D eigenvalue weighted by Crippen LogP contribution is -2.22. The fourth-order valence-corrected chi connectivity index (χ4v) is 2.20. The van der Waals surface area contributed by atoms with Crippen molar-refractivity contribution in [3.8, 4) is 0 Å². The highest BCUT2D eigenvalue weighted by Gasteiger charge is 2.35. The van der Waals surface area contributed by atoms with Gasteiger partial charge in [0.15, 0.2) is 0 Å². The zero-order chi connectivity index (χ0) is 14.8. The van der Waals surface area contributed by atoms with Crippen LogP contribution in [0.2, 0.25) is 0 Å². The van der Waals surface area contributed by atoms with E-state index in [0.29, 0.717) is 12.4 Å². The summed E-state index contributed by atoms with van der Waals surface area (Å²) in [5.41, 5.74) is 5.34. The van der Waals surface area contributed by atoms with E-state index in [-0.39, 0.29) is 5.56 Å². The fourth-order valence-electron chi connectivity index (χ4n) is 2.20. The van der Waals surface area contributed by atoms with Crippen molar-refractivity contribution >= 4 is 0 Å². The third-order valence-electron chi connectivity index (χ3n) is 3.09. The van der Waals surface area contributed by atoms with Gasteiger partial charge in [0.05, 0.1) is 11.6 Å². The Bertz CT molecular complexity index is 575. The van der Waals surface area contributed by atoms with Crippen molar-refractivity contribution < 1.29 is 13.2 Å². The second-order valence-electron chi connectivity index (χ2n) is 4.54. The van der Waals surface area contributed by atoms with Gasteiger partial charge in [-0.2, -0.15) is 13.2 Å². The average Bonchev–Trinajstić information content (AvgIpc) is 2.85. The zero-order valence-electron chi connectivity index (χ0n) is 11.1. The molecule has 0 saturated heterocycles. The first-order valence-corrected chi connectivity index (χ1v) is 6.38. The lowest BCUT2D eigenvalue weighted by molar-refractivity contribution is -0.138. The van der Waals surface area contributed by atoms with Crippen LogP contribution in [-0.4, -0.2) is 9.55 Å². The summed E-state index contributed by atoms with van der Waals surface area (Å²) in [6.45, 7) is 2.66. The van der Waals surface area contributed by atoms with E-state index >= 15 is 0 Å². The van der Waals surface area contributed by atoms with Crippen molar-refractivity contribution in [2.45, 2.75) is 32.1 Å². The van der Waals surface area contributed by atoms with Gasteiger partial charge < -0.3 is 10.3 Å². The van der Waals surface area contributed by atoms with Gasteiger partial charge in [-0.25, -0.2) is 4.98 Å². The van der Waals surface area contributed by atoms with E-state index in [2.05, 4.69) is 4.98 Å². The molecule has 1 unspecified atom stereocenters. The predicted molar refractivity (Wildman–Crippen MR) is 70.0 cm³/mol. The number of imidazole rings is 1. The van der Waals surface area contributed by atoms with Crippen molar-refractivity contribution in [1.82, 2.24) is 9.55 Å². The monoisotopic (exact) mass is 283 g/mol. The Morgan fingerprint density at radius 3 is 2.65 bits per heavy atom. The molecule has 3 nitrogen and oxygen atoms in total. The number of rotatable bonds is 4. The highest BCUT2D eigenvalue weighted by molar-refractivity contribution is 5.35. The van der Waals surface area contributed by atoms with E-state index in [9.17, 15) is 13.2 Å². The van der Waals surface area contributed by atoms with E-state index in [4.69, 9.17) is 5.73 Å². The van der Waals surface area contributed by atoms with Crippen LogP contribution in [0.15, 0.2) is 36.7 Å². The molecule has 2 N–H and O–H groups in total. The van der Waals surface area contributed by atoms with Gasteiger partial charge in [0.1, 0.15) is 5.82 Å². The maximum Gasteiger partial charge on any atom is 0.416 e. The molecule has 6 heteroatoms. The molecule has 0 aliphatic heterocycles. The number of aromatic nitrogens is 2. The Morgan fingerprint density at radius 1 is 1.30 bits per heavy atom. The molecule has 2 rings (SSSR count). The lowest BCUT2D eigenvalue weighted by Gasteiger charge is -2.19. The Morgan fingerprint density at radius 2 is 2.00 bits per heavy atom. The molecule has 108 valence electrons. The molecular formula is C14H16F3N3. The van der Waals surface area contributed by atoms with Crippen LogP contribution in [0.3, 0.4) is 0 Å². The zero-order valence-corrected chi connectivity index (χ0v) is 11.1. The SMILES string of the molecule is CCCn1ccnc1C(N)c1ccccc1C(F)(F)F.